The summed E-state index contributed by atoms with van der Waals surface area (Å²) in [7, 11) is -8.28. The molecule has 0 radical (unpaired) electrons. The fourth-order valence-electron chi connectivity index (χ4n) is 7.30. The van der Waals surface area contributed by atoms with Gasteiger partial charge in [0.25, 0.3) is 20.0 Å². The number of alkyl carbamates (subject to hydrolysis) is 1. The van der Waals surface area contributed by atoms with E-state index < -0.39 is 127 Å². The summed E-state index contributed by atoms with van der Waals surface area (Å²) in [5.41, 5.74) is 0.843. The molecule has 4 amide bonds. The van der Waals surface area contributed by atoms with Crippen molar-refractivity contribution in [2.75, 3.05) is 20.6 Å². The molecule has 0 saturated carbocycles. The number of amides is 4. The van der Waals surface area contributed by atoms with E-state index in [1.54, 1.807) is 97.1 Å². The maximum atomic E-state index is 14.1. The third-order valence-corrected chi connectivity index (χ3v) is 16.8. The first-order chi connectivity index (χ1) is 38.8. The fraction of sp³-hybridized carbons (Fsp3) is 0.185. The Hall–Kier alpha value is -8.26. The summed E-state index contributed by atoms with van der Waals surface area (Å²) in [5, 5.41) is 31.3. The monoisotopic (exact) mass is 1240 g/mol. The van der Waals surface area contributed by atoms with E-state index >= 15 is 0 Å². The Labute approximate surface area is 489 Å². The van der Waals surface area contributed by atoms with Gasteiger partial charge in [-0.15, -0.1) is 0 Å². The highest BCUT2D eigenvalue weighted by Crippen LogP contribution is 2.44. The maximum Gasteiger partial charge on any atom is 0.423 e. The minimum atomic E-state index is -4.96. The molecule has 0 bridgehead atoms. The molecule has 28 heteroatoms. The van der Waals surface area contributed by atoms with Gasteiger partial charge in [-0.25, -0.2) is 44.6 Å². The Morgan fingerprint density at radius 3 is 1.17 bits per heavy atom. The van der Waals surface area contributed by atoms with Gasteiger partial charge in [-0.2, -0.15) is 0 Å². The minimum Gasteiger partial charge on any atom is -0.480 e. The number of benzene rings is 6. The molecule has 6 aromatic rings. The van der Waals surface area contributed by atoms with Gasteiger partial charge in [0.2, 0.25) is 5.91 Å². The molecule has 0 aromatic heterocycles. The smallest absolute Gasteiger partial charge is 0.423 e. The summed E-state index contributed by atoms with van der Waals surface area (Å²) >= 11 is 25.4. The maximum absolute atomic E-state index is 14.1. The highest BCUT2D eigenvalue weighted by atomic mass is 35.5. The van der Waals surface area contributed by atoms with Crippen LogP contribution in [0.1, 0.15) is 45.2 Å². The predicted molar refractivity (Wildman–Crippen MR) is 296 cm³/mol. The van der Waals surface area contributed by atoms with Gasteiger partial charge in [-0.3, -0.25) is 19.2 Å². The number of sulfonamides is 2. The lowest BCUT2D eigenvalue weighted by molar-refractivity contribution is -0.147. The van der Waals surface area contributed by atoms with E-state index in [9.17, 15) is 70.5 Å². The van der Waals surface area contributed by atoms with Crippen LogP contribution < -0.4 is 10.6 Å². The molecule has 0 spiro atoms. The molecule has 5 N–H and O–H groups in total. The molecule has 82 heavy (non-hydrogen) atoms. The number of nitrogens with zero attached hydrogens (tertiary/aromatic N) is 2. The third-order valence-electron chi connectivity index (χ3n) is 11.5. The van der Waals surface area contributed by atoms with Crippen molar-refractivity contribution in [3.8, 4) is 0 Å². The number of ketones is 1. The van der Waals surface area contributed by atoms with E-state index in [-0.39, 0.29) is 41.4 Å². The van der Waals surface area contributed by atoms with Gasteiger partial charge in [0.15, 0.2) is 5.78 Å². The first kappa shape index (κ1) is 64.6. The molecule has 0 saturated heterocycles. The second-order valence-electron chi connectivity index (χ2n) is 17.1. The van der Waals surface area contributed by atoms with Gasteiger partial charge in [-0.1, -0.05) is 168 Å². The van der Waals surface area contributed by atoms with Crippen molar-refractivity contribution >= 4 is 114 Å². The van der Waals surface area contributed by atoms with Gasteiger partial charge < -0.3 is 40.2 Å². The predicted octanol–water partition coefficient (Wildman–Crippen LogP) is 8.55. The lowest BCUT2D eigenvalue weighted by atomic mass is 9.83. The summed E-state index contributed by atoms with van der Waals surface area (Å²) < 4.78 is 69.7. The van der Waals surface area contributed by atoms with Crippen LogP contribution in [0.4, 0.5) is 14.4 Å². The third kappa shape index (κ3) is 16.9. The van der Waals surface area contributed by atoms with Crippen LogP contribution in [0.15, 0.2) is 155 Å². The topological polar surface area (TPSA) is 324 Å². The highest BCUT2D eigenvalue weighted by Gasteiger charge is 2.45. The number of Topliss-reactive ketones (excluding diaryl/α,β-unsaturated/α-hetero) is 1. The van der Waals surface area contributed by atoms with Crippen LogP contribution in [-0.4, -0.2) is 115 Å². The summed E-state index contributed by atoms with van der Waals surface area (Å²) in [6.45, 7) is -0.937. The Morgan fingerprint density at radius 1 is 0.488 bits per heavy atom. The molecule has 3 atom stereocenters. The van der Waals surface area contributed by atoms with Crippen LogP contribution in [0.3, 0.4) is 0 Å². The van der Waals surface area contributed by atoms with Crippen molar-refractivity contribution in [2.45, 2.75) is 53.9 Å². The van der Waals surface area contributed by atoms with Crippen LogP contribution in [-0.2, 0) is 84.5 Å². The number of aliphatic carboxylic acids is 3. The number of carboxylic acid groups (broad SMARTS) is 3. The van der Waals surface area contributed by atoms with Crippen molar-refractivity contribution in [1.82, 2.24) is 19.2 Å². The lowest BCUT2D eigenvalue weighted by Crippen LogP contribution is -2.46. The average molecular weight is 1250 g/mol. The summed E-state index contributed by atoms with van der Waals surface area (Å²) in [6.07, 6.45) is -3.33. The van der Waals surface area contributed by atoms with E-state index in [2.05, 4.69) is 10.6 Å². The summed E-state index contributed by atoms with van der Waals surface area (Å²) in [5.74, 6) is -13.0. The zero-order chi connectivity index (χ0) is 60.5. The fourth-order valence-corrected chi connectivity index (χ4v) is 11.3. The highest BCUT2D eigenvalue weighted by molar-refractivity contribution is 7.90. The van der Waals surface area contributed by atoms with Crippen LogP contribution >= 0.6 is 46.4 Å². The molecule has 2 unspecified atom stereocenters. The quantitative estimate of drug-likeness (QED) is 0.0314. The van der Waals surface area contributed by atoms with Crippen LogP contribution in [0.25, 0.3) is 0 Å². The molecule has 432 valence electrons. The summed E-state index contributed by atoms with van der Waals surface area (Å²) in [6, 6.07) is 36.8. The van der Waals surface area contributed by atoms with Gasteiger partial charge in [-0.05, 0) is 46.5 Å². The molecule has 0 aliphatic carbocycles. The number of carboxylic acids is 3. The number of nitrogens with one attached hydrogen (secondary N) is 2. The number of hydrogen-bond acceptors (Lipinski definition) is 15. The van der Waals surface area contributed by atoms with Crippen LogP contribution in [0.5, 0.6) is 0 Å². The number of carbonyl (C=O) groups excluding carboxylic acids is 5. The molecule has 0 aliphatic heterocycles. The van der Waals surface area contributed by atoms with Gasteiger partial charge in [0, 0.05) is 41.7 Å². The second-order valence-corrected chi connectivity index (χ2v) is 22.5. The van der Waals surface area contributed by atoms with Gasteiger partial charge >= 0.3 is 36.2 Å². The van der Waals surface area contributed by atoms with Crippen LogP contribution in [0.2, 0.25) is 20.1 Å². The molecular formula is C54H48Cl4N4O18S2. The Kier molecular flexibility index (Phi) is 23.2. The number of halogens is 4. The molecule has 6 rings (SSSR count). The zero-order valence-corrected chi connectivity index (χ0v) is 47.5. The van der Waals surface area contributed by atoms with E-state index in [1.165, 1.54) is 0 Å². The van der Waals surface area contributed by atoms with Crippen molar-refractivity contribution in [1.29, 1.82) is 0 Å². The number of hydrogen-bond donors (Lipinski definition) is 5. The Bertz CT molecular complexity index is 3390. The molecule has 6 aromatic carbocycles. The second kappa shape index (κ2) is 29.5. The van der Waals surface area contributed by atoms with Crippen LogP contribution in [0, 0.1) is 0 Å². The van der Waals surface area contributed by atoms with Gasteiger partial charge in [0.05, 0.1) is 10.0 Å². The standard InChI is InChI=1S/C35H28Cl4N2O13S2.C19H20N2O5/c1-40(34(47)53-17-19-9-5-3-6-10-19)55(49,50)23-15-13-21(36)25(29(23)38)27(32(43)44)31(42)28(33(45)46)26-22(37)14-16-24(30(26)39)56(51,52)41(2)35(48)54-18-20-11-7-4-8-12-20;22-17(12-20-19(25)26-13-15-9-5-2-6-10-15)21-16(18(23)24)11-14-7-3-1-4-8-14/h3-16,27-28H,17-18H2,1-2H3,(H,43,44)(H,45,46);1-10,16H,11-13H2,(H,20,25)(H,21,22)(H,23,24)/t;16-/m.0/s1. The number of carbonyl (C=O) groups is 8. The van der Waals surface area contributed by atoms with E-state index in [0.29, 0.717) is 11.1 Å². The van der Waals surface area contributed by atoms with Crippen molar-refractivity contribution in [3.05, 3.63) is 199 Å². The number of rotatable bonds is 22. The largest absolute Gasteiger partial charge is 0.480 e. The van der Waals surface area contributed by atoms with Crippen molar-refractivity contribution in [2.24, 2.45) is 0 Å². The van der Waals surface area contributed by atoms with E-state index in [0.717, 1.165) is 49.5 Å². The van der Waals surface area contributed by atoms with Crippen molar-refractivity contribution < 1.29 is 84.7 Å². The normalized spacial score (nSPS) is 12.1. The molecular weight excluding hydrogens is 1200 g/mol. The average Bonchev–Trinajstić information content (AvgIpc) is 1.88. The van der Waals surface area contributed by atoms with E-state index in [1.807, 2.05) is 24.3 Å². The first-order valence-corrected chi connectivity index (χ1v) is 28.0. The Balaban J connectivity index is 0.000000394. The minimum absolute atomic E-state index is 0.0834. The van der Waals surface area contributed by atoms with Crippen molar-refractivity contribution in [3.63, 3.8) is 0 Å². The molecule has 22 nitrogen and oxygen atoms in total. The molecule has 0 aliphatic rings. The van der Waals surface area contributed by atoms with E-state index in [4.69, 9.17) is 60.6 Å². The first-order valence-electron chi connectivity index (χ1n) is 23.6. The SMILES string of the molecule is CN(C(=O)OCc1ccccc1)S(=O)(=O)c1ccc(Cl)c(C(C(=O)O)C(=O)C(C(=O)O)c2c(Cl)ccc(S(=O)(=O)N(C)C(=O)OCc3ccccc3)c2Cl)c1Cl.O=C(CNC(=O)OCc1ccccc1)N[C@@H](Cc1ccccc1)C(=O)O. The lowest BCUT2D eigenvalue weighted by Gasteiger charge is -2.24. The Morgan fingerprint density at radius 2 is 0.829 bits per heavy atom. The number of ether oxygens (including phenoxy) is 3. The van der Waals surface area contributed by atoms with Gasteiger partial charge in [0.1, 0.15) is 54.0 Å². The molecule has 0 heterocycles. The summed E-state index contributed by atoms with van der Waals surface area (Å²) in [4.78, 5) is 98.1. The molecule has 0 fully saturated rings. The zero-order valence-electron chi connectivity index (χ0n) is 42.8.